The van der Waals surface area contributed by atoms with Crippen LogP contribution in [-0.4, -0.2) is 36.9 Å². The molecule has 4 nitrogen and oxygen atoms in total. The first kappa shape index (κ1) is 20.1. The molecule has 0 aliphatic carbocycles. The lowest BCUT2D eigenvalue weighted by Gasteiger charge is -2.31. The molecule has 0 unspecified atom stereocenters. The van der Waals surface area contributed by atoms with E-state index in [-0.39, 0.29) is 5.78 Å². The minimum absolute atomic E-state index is 0.0961. The molecule has 0 amide bonds. The van der Waals surface area contributed by atoms with Gasteiger partial charge in [-0.2, -0.15) is 0 Å². The van der Waals surface area contributed by atoms with Crippen LogP contribution in [0.25, 0.3) is 0 Å². The van der Waals surface area contributed by atoms with Crippen LogP contribution in [-0.2, 0) is 0 Å². The SMILES string of the molecule is CCCCN1CCC(CCC(=O)c2cc(Cl)c(N)cc2OCC)CC1. The van der Waals surface area contributed by atoms with E-state index in [2.05, 4.69) is 11.8 Å². The third kappa shape index (κ3) is 5.89. The van der Waals surface area contributed by atoms with Crippen molar-refractivity contribution in [1.82, 2.24) is 4.90 Å². The van der Waals surface area contributed by atoms with E-state index in [9.17, 15) is 4.79 Å². The Labute approximate surface area is 156 Å². The van der Waals surface area contributed by atoms with E-state index in [0.29, 0.717) is 41.0 Å². The molecule has 1 fully saturated rings. The molecule has 1 aromatic carbocycles. The summed E-state index contributed by atoms with van der Waals surface area (Å²) in [6.07, 6.45) is 6.39. The maximum Gasteiger partial charge on any atom is 0.166 e. The molecule has 140 valence electrons. The Balaban J connectivity index is 1.88. The number of carbonyl (C=O) groups excluding carboxylic acids is 1. The van der Waals surface area contributed by atoms with Crippen LogP contribution >= 0.6 is 11.6 Å². The number of anilines is 1. The Kier molecular flexibility index (Phi) is 8.04. The molecular weight excluding hydrogens is 336 g/mol. The highest BCUT2D eigenvalue weighted by Crippen LogP contribution is 2.31. The van der Waals surface area contributed by atoms with Gasteiger partial charge < -0.3 is 15.4 Å². The zero-order valence-corrected chi connectivity index (χ0v) is 16.3. The normalized spacial score (nSPS) is 16.1. The Morgan fingerprint density at radius 2 is 2.04 bits per heavy atom. The number of rotatable bonds is 9. The summed E-state index contributed by atoms with van der Waals surface area (Å²) in [6.45, 7) is 8.17. The summed E-state index contributed by atoms with van der Waals surface area (Å²) in [5.41, 5.74) is 6.83. The fourth-order valence-electron chi connectivity index (χ4n) is 3.41. The highest BCUT2D eigenvalue weighted by atomic mass is 35.5. The van der Waals surface area contributed by atoms with Gasteiger partial charge in [-0.15, -0.1) is 0 Å². The van der Waals surface area contributed by atoms with E-state index >= 15 is 0 Å². The number of nitrogen functional groups attached to an aromatic ring is 1. The quantitative estimate of drug-likeness (QED) is 0.504. The van der Waals surface area contributed by atoms with Crippen LogP contribution in [0.1, 0.15) is 62.7 Å². The molecule has 0 aromatic heterocycles. The third-order valence-electron chi connectivity index (χ3n) is 5.01. The minimum atomic E-state index is 0.0961. The molecule has 0 radical (unpaired) electrons. The number of likely N-dealkylation sites (tertiary alicyclic amines) is 1. The molecule has 2 rings (SSSR count). The predicted octanol–water partition coefficient (Wildman–Crippen LogP) is 4.80. The van der Waals surface area contributed by atoms with Gasteiger partial charge in [-0.1, -0.05) is 24.9 Å². The fourth-order valence-corrected chi connectivity index (χ4v) is 3.58. The van der Waals surface area contributed by atoms with Gasteiger partial charge in [-0.05, 0) is 64.2 Å². The summed E-state index contributed by atoms with van der Waals surface area (Å²) >= 11 is 6.10. The van der Waals surface area contributed by atoms with E-state index in [4.69, 9.17) is 22.1 Å². The van der Waals surface area contributed by atoms with Crippen molar-refractivity contribution >= 4 is 23.1 Å². The first-order valence-corrected chi connectivity index (χ1v) is 9.90. The summed E-state index contributed by atoms with van der Waals surface area (Å²) in [7, 11) is 0. The number of ketones is 1. The Morgan fingerprint density at radius 3 is 2.68 bits per heavy atom. The summed E-state index contributed by atoms with van der Waals surface area (Å²) in [6, 6.07) is 3.31. The molecule has 5 heteroatoms. The van der Waals surface area contributed by atoms with Crippen molar-refractivity contribution in [2.24, 2.45) is 5.92 Å². The number of hydrogen-bond acceptors (Lipinski definition) is 4. The number of benzene rings is 1. The maximum absolute atomic E-state index is 12.7. The van der Waals surface area contributed by atoms with E-state index in [1.807, 2.05) is 6.92 Å². The molecule has 0 bridgehead atoms. The number of carbonyl (C=O) groups is 1. The van der Waals surface area contributed by atoms with Gasteiger partial charge >= 0.3 is 0 Å². The summed E-state index contributed by atoms with van der Waals surface area (Å²) < 4.78 is 5.57. The number of piperidine rings is 1. The highest BCUT2D eigenvalue weighted by molar-refractivity contribution is 6.33. The third-order valence-corrected chi connectivity index (χ3v) is 5.34. The first-order chi connectivity index (χ1) is 12.0. The average Bonchev–Trinajstić information content (AvgIpc) is 2.62. The monoisotopic (exact) mass is 366 g/mol. The molecular formula is C20H31ClN2O2. The standard InChI is InChI=1S/C20H31ClN2O2/c1-3-5-10-23-11-8-15(9-12-23)6-7-19(24)16-13-17(21)18(22)14-20(16)25-4-2/h13-15H,3-12,22H2,1-2H3. The number of nitrogens with zero attached hydrogens (tertiary/aromatic N) is 1. The lowest BCUT2D eigenvalue weighted by atomic mass is 9.90. The molecule has 25 heavy (non-hydrogen) atoms. The van der Waals surface area contributed by atoms with Gasteiger partial charge in [0, 0.05) is 12.5 Å². The Morgan fingerprint density at radius 1 is 1.32 bits per heavy atom. The van der Waals surface area contributed by atoms with E-state index in [0.717, 1.165) is 19.5 Å². The number of hydrogen-bond donors (Lipinski definition) is 1. The lowest BCUT2D eigenvalue weighted by Crippen LogP contribution is -2.34. The molecule has 1 aliphatic rings. The number of nitrogens with two attached hydrogens (primary N) is 1. The second kappa shape index (κ2) is 10.0. The molecule has 1 aromatic rings. The molecule has 1 aliphatic heterocycles. The molecule has 0 saturated carbocycles. The summed E-state index contributed by atoms with van der Waals surface area (Å²) in [4.78, 5) is 15.2. The number of unbranched alkanes of at least 4 members (excludes halogenated alkanes) is 1. The molecule has 2 N–H and O–H groups in total. The lowest BCUT2D eigenvalue weighted by molar-refractivity contribution is 0.0958. The Bertz CT molecular complexity index is 569. The first-order valence-electron chi connectivity index (χ1n) is 9.52. The van der Waals surface area contributed by atoms with Gasteiger partial charge in [0.05, 0.1) is 22.9 Å². The second-order valence-corrected chi connectivity index (χ2v) is 7.31. The smallest absolute Gasteiger partial charge is 0.166 e. The van der Waals surface area contributed by atoms with Crippen LogP contribution in [0.2, 0.25) is 5.02 Å². The van der Waals surface area contributed by atoms with E-state index in [1.54, 1.807) is 12.1 Å². The molecule has 0 spiro atoms. The maximum atomic E-state index is 12.7. The van der Waals surface area contributed by atoms with Crippen molar-refractivity contribution in [3.63, 3.8) is 0 Å². The molecule has 0 atom stereocenters. The topological polar surface area (TPSA) is 55.6 Å². The second-order valence-electron chi connectivity index (χ2n) is 6.90. The highest BCUT2D eigenvalue weighted by Gasteiger charge is 2.21. The van der Waals surface area contributed by atoms with E-state index in [1.165, 1.54) is 32.2 Å². The van der Waals surface area contributed by atoms with Crippen LogP contribution in [0.15, 0.2) is 12.1 Å². The summed E-state index contributed by atoms with van der Waals surface area (Å²) in [5, 5.41) is 0.413. The minimum Gasteiger partial charge on any atom is -0.493 e. The zero-order chi connectivity index (χ0) is 18.2. The van der Waals surface area contributed by atoms with Crippen LogP contribution in [0, 0.1) is 5.92 Å². The van der Waals surface area contributed by atoms with Crippen molar-refractivity contribution in [3.8, 4) is 5.75 Å². The number of Topliss-reactive ketones (excluding diaryl/α,β-unsaturated/α-hetero) is 1. The largest absolute Gasteiger partial charge is 0.493 e. The molecule has 1 saturated heterocycles. The fraction of sp³-hybridized carbons (Fsp3) is 0.650. The van der Waals surface area contributed by atoms with Gasteiger partial charge in [0.25, 0.3) is 0 Å². The van der Waals surface area contributed by atoms with Crippen LogP contribution in [0.5, 0.6) is 5.75 Å². The van der Waals surface area contributed by atoms with Crippen molar-refractivity contribution < 1.29 is 9.53 Å². The van der Waals surface area contributed by atoms with E-state index < -0.39 is 0 Å². The van der Waals surface area contributed by atoms with Gasteiger partial charge in [-0.3, -0.25) is 4.79 Å². The Hall–Kier alpha value is -1.26. The van der Waals surface area contributed by atoms with Crippen LogP contribution < -0.4 is 10.5 Å². The van der Waals surface area contributed by atoms with Crippen molar-refractivity contribution in [3.05, 3.63) is 22.7 Å². The van der Waals surface area contributed by atoms with Gasteiger partial charge in [0.1, 0.15) is 5.75 Å². The van der Waals surface area contributed by atoms with Gasteiger partial charge in [-0.25, -0.2) is 0 Å². The number of ether oxygens (including phenoxy) is 1. The summed E-state index contributed by atoms with van der Waals surface area (Å²) in [5.74, 6) is 1.28. The van der Waals surface area contributed by atoms with Gasteiger partial charge in [0.15, 0.2) is 5.78 Å². The van der Waals surface area contributed by atoms with Gasteiger partial charge in [0.2, 0.25) is 0 Å². The predicted molar refractivity (Wildman–Crippen MR) is 105 cm³/mol. The zero-order valence-electron chi connectivity index (χ0n) is 15.5. The molecule has 1 heterocycles. The van der Waals surface area contributed by atoms with Crippen LogP contribution in [0.3, 0.4) is 0 Å². The van der Waals surface area contributed by atoms with Crippen LogP contribution in [0.4, 0.5) is 5.69 Å². The van der Waals surface area contributed by atoms with Crippen molar-refractivity contribution in [2.75, 3.05) is 32.0 Å². The number of halogens is 1. The van der Waals surface area contributed by atoms with Crippen molar-refractivity contribution in [1.29, 1.82) is 0 Å². The average molecular weight is 367 g/mol. The van der Waals surface area contributed by atoms with Crippen molar-refractivity contribution in [2.45, 2.75) is 52.4 Å².